The molecule has 1 aliphatic rings. The van der Waals surface area contributed by atoms with E-state index in [-0.39, 0.29) is 29.3 Å². The van der Waals surface area contributed by atoms with E-state index in [1.807, 2.05) is 6.92 Å². The van der Waals surface area contributed by atoms with Crippen LogP contribution in [0.3, 0.4) is 0 Å². The summed E-state index contributed by atoms with van der Waals surface area (Å²) >= 11 is 0. The van der Waals surface area contributed by atoms with Gasteiger partial charge < -0.3 is 25.2 Å². The van der Waals surface area contributed by atoms with Crippen LogP contribution in [0.15, 0.2) is 12.1 Å². The summed E-state index contributed by atoms with van der Waals surface area (Å²) in [7, 11) is 0. The monoisotopic (exact) mass is 382 g/mol. The Labute approximate surface area is 159 Å². The summed E-state index contributed by atoms with van der Waals surface area (Å²) in [5.41, 5.74) is 0.768. The third kappa shape index (κ3) is 8.77. The quantitative estimate of drug-likeness (QED) is 0.507. The highest BCUT2D eigenvalue weighted by Gasteiger charge is 2.21. The molecule has 1 aromatic carbocycles. The smallest absolute Gasteiger partial charge is 0.342 e. The number of carboxylic acids is 1. The van der Waals surface area contributed by atoms with Gasteiger partial charge in [-0.25, -0.2) is 4.79 Å². The van der Waals surface area contributed by atoms with Gasteiger partial charge in [-0.3, -0.25) is 4.79 Å². The number of fused-ring (bicyclic) bond motifs is 1. The van der Waals surface area contributed by atoms with Crippen LogP contribution in [0.4, 0.5) is 0 Å². The molecule has 0 aliphatic carbocycles. The Balaban J connectivity index is 0.000000828. The van der Waals surface area contributed by atoms with Crippen molar-refractivity contribution in [1.29, 1.82) is 0 Å². The molecule has 2 atom stereocenters. The minimum Gasteiger partial charge on any atom is -0.508 e. The van der Waals surface area contributed by atoms with Gasteiger partial charge in [-0.05, 0) is 57.1 Å². The van der Waals surface area contributed by atoms with Gasteiger partial charge in [0.2, 0.25) is 0 Å². The fourth-order valence-electron chi connectivity index (χ4n) is 3.06. The van der Waals surface area contributed by atoms with Gasteiger partial charge in [-0.2, -0.15) is 0 Å². The summed E-state index contributed by atoms with van der Waals surface area (Å²) in [5, 5.41) is 37.0. The van der Waals surface area contributed by atoms with Gasteiger partial charge >= 0.3 is 5.97 Å². The first kappa shape index (κ1) is 22.8. The minimum atomic E-state index is -0.833. The number of carboxylic acid groups (broad SMARTS) is 1. The molecule has 0 unspecified atom stereocenters. The average molecular weight is 382 g/mol. The van der Waals surface area contributed by atoms with Crippen molar-refractivity contribution in [3.63, 3.8) is 0 Å². The first-order valence-corrected chi connectivity index (χ1v) is 9.34. The lowest BCUT2D eigenvalue weighted by molar-refractivity contribution is -0.134. The molecule has 0 bridgehead atoms. The lowest BCUT2D eigenvalue weighted by Gasteiger charge is -2.18. The zero-order valence-corrected chi connectivity index (χ0v) is 16.0. The number of phenolic OH excluding ortho intramolecular Hbond substituents is 2. The van der Waals surface area contributed by atoms with E-state index < -0.39 is 11.9 Å². The zero-order valence-electron chi connectivity index (χ0n) is 16.0. The van der Waals surface area contributed by atoms with Gasteiger partial charge in [0.05, 0.1) is 12.2 Å². The molecule has 0 aromatic heterocycles. The number of aromatic hydroxyl groups is 2. The Kier molecular flexibility index (Phi) is 9.64. The second kappa shape index (κ2) is 11.4. The summed E-state index contributed by atoms with van der Waals surface area (Å²) in [6, 6.07) is 2.69. The van der Waals surface area contributed by atoms with E-state index in [1.165, 1.54) is 12.1 Å². The summed E-state index contributed by atoms with van der Waals surface area (Å²) in [6.07, 6.45) is 5.67. The van der Waals surface area contributed by atoms with Crippen LogP contribution in [-0.2, 0) is 16.0 Å². The fraction of sp³-hybridized carbons (Fsp3) is 0.600. The van der Waals surface area contributed by atoms with E-state index >= 15 is 0 Å². The van der Waals surface area contributed by atoms with Crippen molar-refractivity contribution >= 4 is 11.9 Å². The predicted octanol–water partition coefficient (Wildman–Crippen LogP) is 3.38. The molecule has 7 nitrogen and oxygen atoms in total. The molecule has 2 rings (SSSR count). The number of carbonyl (C=O) groups is 2. The topological polar surface area (TPSA) is 124 Å². The number of hydrogen-bond acceptors (Lipinski definition) is 6. The first-order chi connectivity index (χ1) is 12.7. The molecular formula is C20H30O7. The van der Waals surface area contributed by atoms with Crippen LogP contribution in [0.25, 0.3) is 0 Å². The van der Waals surface area contributed by atoms with E-state index in [4.69, 9.17) is 14.6 Å². The number of cyclic esters (lactones) is 1. The van der Waals surface area contributed by atoms with Crippen LogP contribution in [0.5, 0.6) is 11.5 Å². The third-order valence-corrected chi connectivity index (χ3v) is 4.33. The molecule has 0 radical (unpaired) electrons. The number of rotatable bonds is 0. The van der Waals surface area contributed by atoms with Crippen molar-refractivity contribution in [2.24, 2.45) is 0 Å². The molecule has 1 aromatic rings. The summed E-state index contributed by atoms with van der Waals surface area (Å²) in [5.74, 6) is -1.68. The molecule has 0 amide bonds. The van der Waals surface area contributed by atoms with Crippen LogP contribution in [0, 0.1) is 0 Å². The van der Waals surface area contributed by atoms with Crippen LogP contribution in [0.2, 0.25) is 0 Å². The minimum absolute atomic E-state index is 0.0568. The number of benzene rings is 1. The van der Waals surface area contributed by atoms with Crippen molar-refractivity contribution in [2.75, 3.05) is 0 Å². The molecule has 1 heterocycles. The maximum atomic E-state index is 12.4. The molecule has 27 heavy (non-hydrogen) atoms. The van der Waals surface area contributed by atoms with Gasteiger partial charge in [0.1, 0.15) is 17.1 Å². The van der Waals surface area contributed by atoms with Gasteiger partial charge in [0, 0.05) is 13.0 Å². The number of aliphatic hydroxyl groups excluding tert-OH is 1. The number of esters is 1. The molecule has 0 saturated carbocycles. The highest BCUT2D eigenvalue weighted by molar-refractivity contribution is 5.94. The maximum Gasteiger partial charge on any atom is 0.342 e. The summed E-state index contributed by atoms with van der Waals surface area (Å²) in [4.78, 5) is 21.4. The fourth-order valence-corrected chi connectivity index (χ4v) is 3.06. The number of aliphatic carboxylic acids is 1. The Morgan fingerprint density at radius 3 is 2.37 bits per heavy atom. The van der Waals surface area contributed by atoms with E-state index in [0.717, 1.165) is 45.4 Å². The Hall–Kier alpha value is -2.28. The maximum absolute atomic E-state index is 12.4. The van der Waals surface area contributed by atoms with Crippen LogP contribution in [-0.4, -0.2) is 44.6 Å². The Bertz CT molecular complexity index is 623. The highest BCUT2D eigenvalue weighted by atomic mass is 16.5. The molecule has 0 saturated heterocycles. The van der Waals surface area contributed by atoms with E-state index in [1.54, 1.807) is 0 Å². The summed E-state index contributed by atoms with van der Waals surface area (Å²) < 4.78 is 5.42. The number of hydrogen-bond donors (Lipinski definition) is 4. The van der Waals surface area contributed by atoms with E-state index in [0.29, 0.717) is 18.4 Å². The van der Waals surface area contributed by atoms with Crippen LogP contribution >= 0.6 is 0 Å². The van der Waals surface area contributed by atoms with Crippen LogP contribution < -0.4 is 0 Å². The van der Waals surface area contributed by atoms with E-state index in [9.17, 15) is 20.1 Å². The average Bonchev–Trinajstić information content (AvgIpc) is 2.52. The normalized spacial score (nSPS) is 21.7. The number of phenols is 2. The number of aryl methyl sites for hydroxylation is 1. The number of ether oxygens (including phenoxy) is 1. The SMILES string of the molecule is CC(=O)O.C[C@H]1CCC[C@H](O)CCCCCc2cc(O)cc(O)c2C(=O)O1. The Morgan fingerprint density at radius 1 is 1.07 bits per heavy atom. The van der Waals surface area contributed by atoms with Crippen molar-refractivity contribution < 1.29 is 34.8 Å². The second-order valence-corrected chi connectivity index (χ2v) is 6.92. The van der Waals surface area contributed by atoms with Crippen molar-refractivity contribution in [2.45, 2.75) is 77.4 Å². The first-order valence-electron chi connectivity index (χ1n) is 9.34. The standard InChI is InChI=1S/C18H26O5.C2H4O2/c1-12-6-5-9-14(19)8-4-2-3-7-13-10-15(20)11-16(21)17(13)18(22)23-12;1-2(3)4/h10-12,14,19-21H,2-9H2,1H3;1H3,(H,3,4)/t12-,14+;/m0./s1. The Morgan fingerprint density at radius 2 is 1.70 bits per heavy atom. The lowest BCUT2D eigenvalue weighted by atomic mass is 9.97. The molecular weight excluding hydrogens is 352 g/mol. The molecule has 1 aliphatic heterocycles. The molecule has 4 N–H and O–H groups in total. The van der Waals surface area contributed by atoms with Crippen molar-refractivity contribution in [3.05, 3.63) is 23.3 Å². The van der Waals surface area contributed by atoms with Crippen molar-refractivity contribution in [3.8, 4) is 11.5 Å². The van der Waals surface area contributed by atoms with Crippen LogP contribution in [0.1, 0.15) is 74.7 Å². The second-order valence-electron chi connectivity index (χ2n) is 6.92. The third-order valence-electron chi connectivity index (χ3n) is 4.33. The molecule has 152 valence electrons. The van der Waals surface area contributed by atoms with Gasteiger partial charge in [-0.15, -0.1) is 0 Å². The zero-order chi connectivity index (χ0) is 20.4. The lowest BCUT2D eigenvalue weighted by Crippen LogP contribution is -2.18. The number of aliphatic hydroxyl groups is 1. The largest absolute Gasteiger partial charge is 0.508 e. The van der Waals surface area contributed by atoms with E-state index in [2.05, 4.69) is 0 Å². The van der Waals surface area contributed by atoms with Gasteiger partial charge in [0.15, 0.2) is 0 Å². The van der Waals surface area contributed by atoms with Crippen molar-refractivity contribution in [1.82, 2.24) is 0 Å². The van der Waals surface area contributed by atoms with Gasteiger partial charge in [-0.1, -0.05) is 12.8 Å². The highest BCUT2D eigenvalue weighted by Crippen LogP contribution is 2.30. The van der Waals surface area contributed by atoms with Gasteiger partial charge in [0.25, 0.3) is 5.97 Å². The summed E-state index contributed by atoms with van der Waals surface area (Å²) in [6.45, 7) is 2.90. The predicted molar refractivity (Wildman–Crippen MR) is 100.0 cm³/mol. The molecule has 7 heteroatoms. The molecule has 0 fully saturated rings. The molecule has 0 spiro atoms. The number of carbonyl (C=O) groups excluding carboxylic acids is 1.